The van der Waals surface area contributed by atoms with Gasteiger partial charge in [-0.15, -0.1) is 0 Å². The summed E-state index contributed by atoms with van der Waals surface area (Å²) in [6.45, 7) is 7.31. The van der Waals surface area contributed by atoms with Crippen LogP contribution in [0.2, 0.25) is 5.02 Å². The third kappa shape index (κ3) is 5.63. The van der Waals surface area contributed by atoms with Crippen molar-refractivity contribution in [3.63, 3.8) is 0 Å². The fraction of sp³-hybridized carbons (Fsp3) is 0.467. The summed E-state index contributed by atoms with van der Waals surface area (Å²) in [5.41, 5.74) is 1.83. The van der Waals surface area contributed by atoms with Crippen LogP contribution in [0.15, 0.2) is 12.1 Å². The number of benzene rings is 1. The van der Waals surface area contributed by atoms with Crippen molar-refractivity contribution in [1.29, 1.82) is 0 Å². The van der Waals surface area contributed by atoms with Crippen molar-refractivity contribution in [1.82, 2.24) is 5.32 Å². The standard InChI is InChI=1S/C15H21ClN2O3/c1-9-7-11(8-10(2)13(9)16)17-14(21)18-15(3,4)6-5-12(19)20/h7-8H,5-6H2,1-4H3,(H,19,20)(H2,17,18,21). The Hall–Kier alpha value is -1.75. The number of urea groups is 1. The number of hydrogen-bond donors (Lipinski definition) is 3. The zero-order valence-corrected chi connectivity index (χ0v) is 13.5. The normalized spacial score (nSPS) is 11.1. The zero-order valence-electron chi connectivity index (χ0n) is 12.7. The Morgan fingerprint density at radius 2 is 1.76 bits per heavy atom. The van der Waals surface area contributed by atoms with Crippen LogP contribution in [-0.4, -0.2) is 22.6 Å². The summed E-state index contributed by atoms with van der Waals surface area (Å²) in [7, 11) is 0. The molecule has 3 N–H and O–H groups in total. The molecule has 1 aromatic carbocycles. The van der Waals surface area contributed by atoms with Crippen molar-refractivity contribution < 1.29 is 14.7 Å². The minimum atomic E-state index is -0.880. The first kappa shape index (κ1) is 17.3. The van der Waals surface area contributed by atoms with Gasteiger partial charge in [-0.25, -0.2) is 4.79 Å². The highest BCUT2D eigenvalue weighted by Gasteiger charge is 2.21. The monoisotopic (exact) mass is 312 g/mol. The van der Waals surface area contributed by atoms with E-state index in [2.05, 4.69) is 10.6 Å². The van der Waals surface area contributed by atoms with Crippen molar-refractivity contribution in [2.24, 2.45) is 0 Å². The summed E-state index contributed by atoms with van der Waals surface area (Å²) in [6, 6.07) is 3.21. The Bertz CT molecular complexity index is 533. The van der Waals surface area contributed by atoms with E-state index in [0.717, 1.165) is 11.1 Å². The van der Waals surface area contributed by atoms with Gasteiger partial charge in [0.2, 0.25) is 0 Å². The summed E-state index contributed by atoms with van der Waals surface area (Å²) in [4.78, 5) is 22.6. The number of halogens is 1. The molecule has 0 aliphatic rings. The number of carbonyl (C=O) groups excluding carboxylic acids is 1. The van der Waals surface area contributed by atoms with Crippen LogP contribution in [0.3, 0.4) is 0 Å². The number of nitrogens with one attached hydrogen (secondary N) is 2. The number of carbonyl (C=O) groups is 2. The average molecular weight is 313 g/mol. The lowest BCUT2D eigenvalue weighted by atomic mass is 9.99. The smallest absolute Gasteiger partial charge is 0.319 e. The molecule has 0 atom stereocenters. The number of rotatable bonds is 5. The maximum absolute atomic E-state index is 12.0. The Labute approximate surface area is 129 Å². The fourth-order valence-corrected chi connectivity index (χ4v) is 2.08. The number of anilines is 1. The largest absolute Gasteiger partial charge is 0.481 e. The van der Waals surface area contributed by atoms with E-state index in [4.69, 9.17) is 16.7 Å². The van der Waals surface area contributed by atoms with Crippen molar-refractivity contribution in [3.8, 4) is 0 Å². The molecule has 0 radical (unpaired) electrons. The number of aryl methyl sites for hydroxylation is 2. The second-order valence-electron chi connectivity index (χ2n) is 5.78. The highest BCUT2D eigenvalue weighted by atomic mass is 35.5. The number of carboxylic acids is 1. The third-order valence-electron chi connectivity index (χ3n) is 3.11. The van der Waals surface area contributed by atoms with Crippen LogP contribution in [0.1, 0.15) is 37.8 Å². The first-order valence-corrected chi connectivity index (χ1v) is 7.06. The van der Waals surface area contributed by atoms with Crippen LogP contribution in [0.25, 0.3) is 0 Å². The van der Waals surface area contributed by atoms with Gasteiger partial charge in [-0.1, -0.05) is 11.6 Å². The number of aliphatic carboxylic acids is 1. The van der Waals surface area contributed by atoms with E-state index in [9.17, 15) is 9.59 Å². The molecule has 0 saturated carbocycles. The lowest BCUT2D eigenvalue weighted by molar-refractivity contribution is -0.137. The zero-order chi connectivity index (χ0) is 16.2. The summed E-state index contributed by atoms with van der Waals surface area (Å²) >= 11 is 6.08. The molecule has 0 heterocycles. The van der Waals surface area contributed by atoms with Crippen molar-refractivity contribution >= 4 is 29.3 Å². The lowest BCUT2D eigenvalue weighted by Crippen LogP contribution is -2.45. The number of carboxylic acid groups (broad SMARTS) is 1. The van der Waals surface area contributed by atoms with Crippen LogP contribution in [0, 0.1) is 13.8 Å². The van der Waals surface area contributed by atoms with Gasteiger partial charge >= 0.3 is 12.0 Å². The van der Waals surface area contributed by atoms with Gasteiger partial charge < -0.3 is 15.7 Å². The van der Waals surface area contributed by atoms with Gasteiger partial charge in [-0.3, -0.25) is 4.79 Å². The molecular weight excluding hydrogens is 292 g/mol. The van der Waals surface area contributed by atoms with E-state index in [1.807, 2.05) is 13.8 Å². The van der Waals surface area contributed by atoms with Crippen molar-refractivity contribution in [2.45, 2.75) is 46.1 Å². The van der Waals surface area contributed by atoms with Gasteiger partial charge in [0, 0.05) is 22.7 Å². The van der Waals surface area contributed by atoms with Gasteiger partial charge in [0.15, 0.2) is 0 Å². The Morgan fingerprint density at radius 1 is 1.24 bits per heavy atom. The van der Waals surface area contributed by atoms with Crippen LogP contribution in [0.4, 0.5) is 10.5 Å². The van der Waals surface area contributed by atoms with E-state index in [-0.39, 0.29) is 12.5 Å². The second-order valence-corrected chi connectivity index (χ2v) is 6.16. The SMILES string of the molecule is Cc1cc(NC(=O)NC(C)(C)CCC(=O)O)cc(C)c1Cl. The molecular formula is C15H21ClN2O3. The predicted octanol–water partition coefficient (Wildman–Crippen LogP) is 3.72. The first-order valence-electron chi connectivity index (χ1n) is 6.68. The fourth-order valence-electron chi connectivity index (χ4n) is 1.97. The summed E-state index contributed by atoms with van der Waals surface area (Å²) < 4.78 is 0. The number of amides is 2. The van der Waals surface area contributed by atoms with Crippen molar-refractivity contribution in [3.05, 3.63) is 28.3 Å². The van der Waals surface area contributed by atoms with Crippen LogP contribution < -0.4 is 10.6 Å². The van der Waals surface area contributed by atoms with E-state index in [1.165, 1.54) is 0 Å². The van der Waals surface area contributed by atoms with E-state index in [1.54, 1.807) is 26.0 Å². The quantitative estimate of drug-likeness (QED) is 0.775. The molecule has 0 fully saturated rings. The molecule has 0 unspecified atom stereocenters. The molecule has 21 heavy (non-hydrogen) atoms. The van der Waals surface area contributed by atoms with Crippen molar-refractivity contribution in [2.75, 3.05) is 5.32 Å². The summed E-state index contributed by atoms with van der Waals surface area (Å²) in [5.74, 6) is -0.880. The van der Waals surface area contributed by atoms with E-state index in [0.29, 0.717) is 17.1 Å². The minimum Gasteiger partial charge on any atom is -0.481 e. The molecule has 116 valence electrons. The Morgan fingerprint density at radius 3 is 2.24 bits per heavy atom. The predicted molar refractivity (Wildman–Crippen MR) is 84.0 cm³/mol. The summed E-state index contributed by atoms with van der Waals surface area (Å²) in [6.07, 6.45) is 0.362. The van der Waals surface area contributed by atoms with Gasteiger partial charge in [0.25, 0.3) is 0 Å². The van der Waals surface area contributed by atoms with Gasteiger partial charge in [0.05, 0.1) is 0 Å². The molecule has 2 amide bonds. The maximum Gasteiger partial charge on any atom is 0.319 e. The first-order chi connectivity index (χ1) is 9.60. The average Bonchev–Trinajstić information content (AvgIpc) is 2.32. The van der Waals surface area contributed by atoms with Gasteiger partial charge in [-0.2, -0.15) is 0 Å². The van der Waals surface area contributed by atoms with E-state index < -0.39 is 11.5 Å². The summed E-state index contributed by atoms with van der Waals surface area (Å²) in [5, 5.41) is 14.9. The minimum absolute atomic E-state index is 0.00639. The number of hydrogen-bond acceptors (Lipinski definition) is 2. The Balaban J connectivity index is 2.67. The molecule has 0 aliphatic carbocycles. The molecule has 0 spiro atoms. The maximum atomic E-state index is 12.0. The van der Waals surface area contributed by atoms with Gasteiger partial charge in [0.1, 0.15) is 0 Å². The topological polar surface area (TPSA) is 78.4 Å². The van der Waals surface area contributed by atoms with E-state index >= 15 is 0 Å². The molecule has 0 bridgehead atoms. The third-order valence-corrected chi connectivity index (χ3v) is 3.71. The molecule has 6 heteroatoms. The molecule has 5 nitrogen and oxygen atoms in total. The lowest BCUT2D eigenvalue weighted by Gasteiger charge is -2.25. The van der Waals surface area contributed by atoms with Crippen LogP contribution in [-0.2, 0) is 4.79 Å². The van der Waals surface area contributed by atoms with Crippen LogP contribution in [0.5, 0.6) is 0 Å². The molecule has 0 aromatic heterocycles. The molecule has 0 saturated heterocycles. The molecule has 1 aromatic rings. The Kier molecular flexibility index (Phi) is 5.61. The highest BCUT2D eigenvalue weighted by molar-refractivity contribution is 6.32. The van der Waals surface area contributed by atoms with Crippen LogP contribution >= 0.6 is 11.6 Å². The second kappa shape index (κ2) is 6.80. The molecule has 1 rings (SSSR count). The van der Waals surface area contributed by atoms with Gasteiger partial charge in [-0.05, 0) is 57.4 Å². The molecule has 0 aliphatic heterocycles. The highest BCUT2D eigenvalue weighted by Crippen LogP contribution is 2.24.